The summed E-state index contributed by atoms with van der Waals surface area (Å²) < 4.78 is 68.7. The summed E-state index contributed by atoms with van der Waals surface area (Å²) in [7, 11) is -10.0. The first-order chi connectivity index (χ1) is 53.7. The molecule has 0 aromatic rings. The van der Waals surface area contributed by atoms with Crippen LogP contribution < -0.4 is 0 Å². The van der Waals surface area contributed by atoms with Crippen molar-refractivity contribution in [3.05, 3.63) is 182 Å². The number of esters is 4. The van der Waals surface area contributed by atoms with Crippen LogP contribution in [0.2, 0.25) is 0 Å². The van der Waals surface area contributed by atoms with E-state index < -0.39 is 97.5 Å². The van der Waals surface area contributed by atoms with Crippen molar-refractivity contribution in [1.29, 1.82) is 0 Å². The molecule has 0 aromatic heterocycles. The van der Waals surface area contributed by atoms with Gasteiger partial charge in [-0.15, -0.1) is 0 Å². The normalized spacial score (nSPS) is 14.7. The number of phosphoric acid groups is 2. The average molecular weight is 1580 g/mol. The number of ether oxygens (including phenoxy) is 4. The Bertz CT molecular complexity index is 2800. The highest BCUT2D eigenvalue weighted by Crippen LogP contribution is 2.45. The number of aliphatic hydroxyl groups excluding tert-OH is 1. The number of carbonyl (C=O) groups is 4. The molecule has 0 aliphatic rings. The van der Waals surface area contributed by atoms with Gasteiger partial charge in [0.1, 0.15) is 19.3 Å². The lowest BCUT2D eigenvalue weighted by Gasteiger charge is -2.21. The Kier molecular flexibility index (Phi) is 76.9. The van der Waals surface area contributed by atoms with Gasteiger partial charge in [0.2, 0.25) is 0 Å². The number of hydrogen-bond donors (Lipinski definition) is 3. The molecule has 0 heterocycles. The highest BCUT2D eigenvalue weighted by molar-refractivity contribution is 7.47. The minimum Gasteiger partial charge on any atom is -0.462 e. The molecule has 0 aromatic carbocycles. The Morgan fingerprint density at radius 1 is 0.264 bits per heavy atom. The monoisotopic (exact) mass is 1580 g/mol. The molecule has 0 amide bonds. The van der Waals surface area contributed by atoms with Crippen molar-refractivity contribution in [2.75, 3.05) is 39.6 Å². The largest absolute Gasteiger partial charge is 0.472 e. The maximum atomic E-state index is 13.1. The van der Waals surface area contributed by atoms with E-state index in [0.717, 1.165) is 186 Å². The molecule has 0 rings (SSSR count). The summed E-state index contributed by atoms with van der Waals surface area (Å²) in [5.41, 5.74) is 0. The van der Waals surface area contributed by atoms with Gasteiger partial charge in [-0.1, -0.05) is 300 Å². The number of carbonyl (C=O) groups excluding carboxylic acids is 4. The van der Waals surface area contributed by atoms with Crippen LogP contribution in [0, 0.1) is 0 Å². The summed E-state index contributed by atoms with van der Waals surface area (Å²) in [6, 6.07) is 0. The molecule has 110 heavy (non-hydrogen) atoms. The third kappa shape index (κ3) is 80.2. The summed E-state index contributed by atoms with van der Waals surface area (Å²) in [5.74, 6) is -2.34. The van der Waals surface area contributed by atoms with Crippen molar-refractivity contribution < 1.29 is 80.2 Å². The van der Waals surface area contributed by atoms with Crippen LogP contribution in [0.25, 0.3) is 0 Å². The fraction of sp³-hybridized carbons (Fsp3) is 0.626. The van der Waals surface area contributed by atoms with E-state index in [1.54, 1.807) is 0 Å². The molecule has 0 saturated carbocycles. The summed E-state index contributed by atoms with van der Waals surface area (Å²) in [4.78, 5) is 73.2. The molecule has 0 radical (unpaired) electrons. The van der Waals surface area contributed by atoms with Crippen LogP contribution in [0.4, 0.5) is 0 Å². The Morgan fingerprint density at radius 2 is 0.491 bits per heavy atom. The molecule has 624 valence electrons. The minimum absolute atomic E-state index is 0.0214. The van der Waals surface area contributed by atoms with Gasteiger partial charge in [-0.3, -0.25) is 37.3 Å². The zero-order chi connectivity index (χ0) is 80.3. The van der Waals surface area contributed by atoms with Crippen LogP contribution in [-0.4, -0.2) is 96.7 Å². The average Bonchev–Trinajstić information content (AvgIpc) is 0.900. The van der Waals surface area contributed by atoms with Crippen LogP contribution in [-0.2, 0) is 65.4 Å². The van der Waals surface area contributed by atoms with Gasteiger partial charge in [0.05, 0.1) is 26.4 Å². The zero-order valence-corrected chi connectivity index (χ0v) is 70.1. The van der Waals surface area contributed by atoms with Crippen LogP contribution in [0.5, 0.6) is 0 Å². The lowest BCUT2D eigenvalue weighted by atomic mass is 10.1. The summed E-state index contributed by atoms with van der Waals surface area (Å²) >= 11 is 0. The minimum atomic E-state index is -5.02. The molecular weight excluding hydrogens is 1430 g/mol. The molecule has 0 bridgehead atoms. The first-order valence-electron chi connectivity index (χ1n) is 42.0. The molecule has 3 N–H and O–H groups in total. The molecule has 5 unspecified atom stereocenters. The number of allylic oxidation sites excluding steroid dienone is 30. The Morgan fingerprint density at radius 3 is 0.800 bits per heavy atom. The fourth-order valence-corrected chi connectivity index (χ4v) is 12.2. The van der Waals surface area contributed by atoms with E-state index in [2.05, 4.69) is 192 Å². The molecular formula is C91H148O17P2. The van der Waals surface area contributed by atoms with E-state index in [1.165, 1.54) is 38.5 Å². The maximum absolute atomic E-state index is 13.1. The van der Waals surface area contributed by atoms with Crippen molar-refractivity contribution >= 4 is 39.5 Å². The quantitative estimate of drug-likeness (QED) is 0.0169. The maximum Gasteiger partial charge on any atom is 0.472 e. The third-order valence-corrected chi connectivity index (χ3v) is 18.8. The van der Waals surface area contributed by atoms with E-state index >= 15 is 0 Å². The number of aliphatic hydroxyl groups is 1. The highest BCUT2D eigenvalue weighted by Gasteiger charge is 2.30. The number of unbranched alkanes of at least 4 members (excludes halogenated alkanes) is 21. The summed E-state index contributed by atoms with van der Waals surface area (Å²) in [6.45, 7) is 4.39. The van der Waals surface area contributed by atoms with E-state index in [-0.39, 0.29) is 25.7 Å². The smallest absolute Gasteiger partial charge is 0.462 e. The van der Waals surface area contributed by atoms with Gasteiger partial charge < -0.3 is 33.8 Å². The molecule has 19 heteroatoms. The lowest BCUT2D eigenvalue weighted by Crippen LogP contribution is -2.30. The Hall–Kier alpha value is -5.84. The van der Waals surface area contributed by atoms with Crippen LogP contribution >= 0.6 is 15.6 Å². The van der Waals surface area contributed by atoms with Gasteiger partial charge in [0, 0.05) is 25.7 Å². The standard InChI is InChI=1S/C91H148O17P2/c1-5-9-13-17-21-25-29-33-37-40-42-45-49-52-56-60-64-68-72-76-89(94)102-82-87(108-91(96)78-74-70-66-62-58-54-50-46-43-41-38-34-30-26-22-18-14-10-6-2)84-106-110(99,100)104-80-85(92)79-103-109(97,98)105-83-86(107-90(95)77-73-69-65-61-57-53-47-36-32-28-24-20-16-12-8-4)81-101-88(93)75-71-67-63-59-55-51-48-44-39-35-31-27-23-19-15-11-7-3/h9-11,13-15,21-23,25-27,33-39,42-43,45-47,52,54,56,58,64,68,85-87,92H,5-8,12,16-20,24,28-32,40-41,44,48-51,53,55,57,59-63,65-67,69-84H2,1-4H3,(H,97,98)(H,99,100)/b13-9-,14-10-,15-11-,25-21-,26-22-,27-23-,37-33-,38-34-,39-35-,45-42-,46-43-,47-36-,56-52-,58-54-,68-64-. The Labute approximate surface area is 666 Å². The lowest BCUT2D eigenvalue weighted by molar-refractivity contribution is -0.161. The van der Waals surface area contributed by atoms with E-state index in [9.17, 15) is 43.2 Å². The molecule has 0 fully saturated rings. The van der Waals surface area contributed by atoms with Crippen molar-refractivity contribution in [2.24, 2.45) is 0 Å². The third-order valence-electron chi connectivity index (χ3n) is 16.9. The summed E-state index contributed by atoms with van der Waals surface area (Å²) in [5, 5.41) is 10.7. The van der Waals surface area contributed by atoms with Gasteiger partial charge in [0.25, 0.3) is 0 Å². The van der Waals surface area contributed by atoms with E-state index in [4.69, 9.17) is 37.0 Å². The molecule has 5 atom stereocenters. The van der Waals surface area contributed by atoms with Crippen LogP contribution in [0.1, 0.15) is 310 Å². The number of phosphoric ester groups is 2. The van der Waals surface area contributed by atoms with Gasteiger partial charge in [-0.25, -0.2) is 9.13 Å². The van der Waals surface area contributed by atoms with Gasteiger partial charge >= 0.3 is 39.5 Å². The van der Waals surface area contributed by atoms with Crippen LogP contribution in [0.15, 0.2) is 182 Å². The second kappa shape index (κ2) is 81.2. The van der Waals surface area contributed by atoms with Crippen LogP contribution in [0.3, 0.4) is 0 Å². The Balaban J connectivity index is 5.51. The highest BCUT2D eigenvalue weighted by atomic mass is 31.2. The number of rotatable bonds is 77. The SMILES string of the molecule is CC/C=C\C/C=C\C/C=C\C/C=C\C/C=C\C/C=C\CCC(=O)OCC(COP(=O)(O)OCC(O)COP(=O)(O)OCC(COC(=O)CCCCCCCCC/C=C\C/C=C\C/C=C\CC)OC(=O)CCCCCCC/C=C\CCCCCCCC)OC(=O)CCCCC/C=C\C/C=C\C/C=C\C/C=C\C/C=C\CC. The van der Waals surface area contributed by atoms with E-state index in [0.29, 0.717) is 32.1 Å². The van der Waals surface area contributed by atoms with Crippen molar-refractivity contribution in [3.63, 3.8) is 0 Å². The van der Waals surface area contributed by atoms with Gasteiger partial charge in [-0.2, -0.15) is 0 Å². The van der Waals surface area contributed by atoms with E-state index in [1.807, 2.05) is 18.2 Å². The zero-order valence-electron chi connectivity index (χ0n) is 68.4. The first-order valence-corrected chi connectivity index (χ1v) is 45.0. The van der Waals surface area contributed by atoms with Crippen molar-refractivity contribution in [1.82, 2.24) is 0 Å². The van der Waals surface area contributed by atoms with Crippen molar-refractivity contribution in [2.45, 2.75) is 329 Å². The fourth-order valence-electron chi connectivity index (χ4n) is 10.6. The second-order valence-corrected chi connectivity index (χ2v) is 30.2. The molecule has 0 spiro atoms. The molecule has 0 aliphatic carbocycles. The van der Waals surface area contributed by atoms with Crippen molar-refractivity contribution in [3.8, 4) is 0 Å². The van der Waals surface area contributed by atoms with Gasteiger partial charge in [0.15, 0.2) is 12.2 Å². The topological polar surface area (TPSA) is 237 Å². The predicted molar refractivity (Wildman–Crippen MR) is 454 cm³/mol. The second-order valence-electron chi connectivity index (χ2n) is 27.3. The molecule has 0 aliphatic heterocycles. The first kappa shape index (κ1) is 104. The molecule has 17 nitrogen and oxygen atoms in total. The molecule has 0 saturated heterocycles. The predicted octanol–water partition coefficient (Wildman–Crippen LogP) is 25.1. The van der Waals surface area contributed by atoms with Gasteiger partial charge in [-0.05, 0) is 167 Å². The summed E-state index contributed by atoms with van der Waals surface area (Å²) in [6.07, 6.45) is 98.7. The number of hydrogen-bond acceptors (Lipinski definition) is 15.